The van der Waals surface area contributed by atoms with Crippen LogP contribution in [0.25, 0.3) is 27.5 Å². The Hall–Kier alpha value is -2.50. The number of aromatic nitrogens is 3. The fourth-order valence-electron chi connectivity index (χ4n) is 5.02. The van der Waals surface area contributed by atoms with Gasteiger partial charge in [0, 0.05) is 22.4 Å². The number of hydrogen-bond donors (Lipinski definition) is 2. The van der Waals surface area contributed by atoms with E-state index in [0.29, 0.717) is 11.5 Å². The van der Waals surface area contributed by atoms with Crippen LogP contribution in [-0.4, -0.2) is 35.2 Å². The van der Waals surface area contributed by atoms with E-state index in [9.17, 15) is 13.2 Å². The summed E-state index contributed by atoms with van der Waals surface area (Å²) in [6.45, 7) is 0. The Bertz CT molecular complexity index is 1590. The van der Waals surface area contributed by atoms with Crippen LogP contribution in [0.4, 0.5) is 5.82 Å². The minimum atomic E-state index is -3.53. The Labute approximate surface area is 226 Å². The van der Waals surface area contributed by atoms with E-state index in [1.807, 2.05) is 6.07 Å². The number of nitrogen functional groups attached to an aromatic ring is 1. The van der Waals surface area contributed by atoms with Crippen LogP contribution in [0.5, 0.6) is 0 Å². The van der Waals surface area contributed by atoms with Gasteiger partial charge in [0.15, 0.2) is 5.65 Å². The summed E-state index contributed by atoms with van der Waals surface area (Å²) in [5.41, 5.74) is 10.00. The second kappa shape index (κ2) is 9.75. The summed E-state index contributed by atoms with van der Waals surface area (Å²) in [5.74, 6) is 0.377. The van der Waals surface area contributed by atoms with Gasteiger partial charge >= 0.3 is 0 Å². The molecule has 1 saturated carbocycles. The molecule has 188 valence electrons. The molecule has 2 aromatic carbocycles. The summed E-state index contributed by atoms with van der Waals surface area (Å²) >= 11 is 7.17. The number of anilines is 1. The van der Waals surface area contributed by atoms with Gasteiger partial charge in [-0.1, -0.05) is 34.1 Å². The maximum Gasteiger partial charge on any atom is 0.233 e. The number of nitrogens with zero attached hydrogens (tertiary/aromatic N) is 3. The number of halogens is 2. The summed E-state index contributed by atoms with van der Waals surface area (Å²) < 4.78 is 28.1. The summed E-state index contributed by atoms with van der Waals surface area (Å²) in [7, 11) is -3.53. The molecule has 11 heteroatoms. The smallest absolute Gasteiger partial charge is 0.233 e. The predicted octanol–water partition coefficient (Wildman–Crippen LogP) is 5.40. The average Bonchev–Trinajstić information content (AvgIpc) is 3.24. The van der Waals surface area contributed by atoms with E-state index in [1.165, 1.54) is 0 Å². The highest BCUT2D eigenvalue weighted by Gasteiger charge is 2.28. The highest BCUT2D eigenvalue weighted by atomic mass is 79.9. The molecule has 2 aromatic heterocycles. The van der Waals surface area contributed by atoms with Crippen LogP contribution in [0.1, 0.15) is 43.7 Å². The molecule has 1 aliphatic rings. The van der Waals surface area contributed by atoms with E-state index >= 15 is 0 Å². The van der Waals surface area contributed by atoms with Gasteiger partial charge in [-0.15, -0.1) is 0 Å². The number of sulfonamides is 1. The van der Waals surface area contributed by atoms with Crippen LogP contribution in [0.15, 0.2) is 51.5 Å². The SMILES string of the molecule is CS(=O)(=O)NC(=O)CC1CCC(c2nc3c(-c4ccc5cc(Br)ccc5c4)cnn3c(N)c2Br)CC1. The quantitative estimate of drug-likeness (QED) is 0.304. The number of rotatable bonds is 5. The summed E-state index contributed by atoms with van der Waals surface area (Å²) in [6, 6.07) is 12.5. The minimum absolute atomic E-state index is 0.144. The highest BCUT2D eigenvalue weighted by molar-refractivity contribution is 9.11. The highest BCUT2D eigenvalue weighted by Crippen LogP contribution is 2.41. The molecule has 2 heterocycles. The Morgan fingerprint density at radius 2 is 1.81 bits per heavy atom. The molecule has 0 unspecified atom stereocenters. The van der Waals surface area contributed by atoms with Crippen LogP contribution in [0.2, 0.25) is 0 Å². The number of hydrogen-bond acceptors (Lipinski definition) is 6. The zero-order chi connectivity index (χ0) is 25.6. The lowest BCUT2D eigenvalue weighted by atomic mass is 9.79. The van der Waals surface area contributed by atoms with Crippen molar-refractivity contribution in [3.63, 3.8) is 0 Å². The number of nitrogens with one attached hydrogen (secondary N) is 1. The number of carbonyl (C=O) groups is 1. The first-order valence-corrected chi connectivity index (χ1v) is 15.1. The zero-order valence-corrected chi connectivity index (χ0v) is 23.5. The maximum atomic E-state index is 12.0. The number of fused-ring (bicyclic) bond motifs is 2. The Balaban J connectivity index is 1.42. The van der Waals surface area contributed by atoms with Crippen molar-refractivity contribution < 1.29 is 13.2 Å². The normalized spacial score (nSPS) is 18.5. The summed E-state index contributed by atoms with van der Waals surface area (Å²) in [4.78, 5) is 17.1. The van der Waals surface area contributed by atoms with Crippen molar-refractivity contribution in [3.05, 3.63) is 57.2 Å². The van der Waals surface area contributed by atoms with Crippen molar-refractivity contribution in [1.29, 1.82) is 0 Å². The van der Waals surface area contributed by atoms with Gasteiger partial charge in [0.05, 0.1) is 22.6 Å². The third-order valence-electron chi connectivity index (χ3n) is 6.77. The first-order chi connectivity index (χ1) is 17.1. The van der Waals surface area contributed by atoms with Crippen molar-refractivity contribution in [2.24, 2.45) is 5.92 Å². The van der Waals surface area contributed by atoms with Crippen molar-refractivity contribution in [1.82, 2.24) is 19.3 Å². The van der Waals surface area contributed by atoms with Crippen LogP contribution in [0.3, 0.4) is 0 Å². The van der Waals surface area contributed by atoms with Gasteiger partial charge in [-0.05, 0) is 82.1 Å². The first kappa shape index (κ1) is 25.2. The lowest BCUT2D eigenvalue weighted by Crippen LogP contribution is -2.31. The second-order valence-corrected chi connectivity index (χ2v) is 12.9. The van der Waals surface area contributed by atoms with Gasteiger partial charge in [0.1, 0.15) is 5.82 Å². The molecule has 1 aliphatic carbocycles. The lowest BCUT2D eigenvalue weighted by Gasteiger charge is -2.28. The van der Waals surface area contributed by atoms with Gasteiger partial charge in [0.25, 0.3) is 0 Å². The summed E-state index contributed by atoms with van der Waals surface area (Å²) in [6.07, 6.45) is 6.31. The van der Waals surface area contributed by atoms with Crippen LogP contribution in [-0.2, 0) is 14.8 Å². The van der Waals surface area contributed by atoms with E-state index in [2.05, 4.69) is 72.0 Å². The largest absolute Gasteiger partial charge is 0.383 e. The first-order valence-electron chi connectivity index (χ1n) is 11.6. The van der Waals surface area contributed by atoms with E-state index in [1.54, 1.807) is 10.7 Å². The molecule has 0 saturated heterocycles. The van der Waals surface area contributed by atoms with E-state index in [0.717, 1.165) is 68.5 Å². The van der Waals surface area contributed by atoms with E-state index in [4.69, 9.17) is 10.7 Å². The van der Waals surface area contributed by atoms with Gasteiger partial charge in [0.2, 0.25) is 15.9 Å². The lowest BCUT2D eigenvalue weighted by molar-refractivity contribution is -0.120. The van der Waals surface area contributed by atoms with Gasteiger partial charge in [-0.25, -0.2) is 13.4 Å². The predicted molar refractivity (Wildman–Crippen MR) is 148 cm³/mol. The Morgan fingerprint density at radius 3 is 2.53 bits per heavy atom. The second-order valence-electron chi connectivity index (χ2n) is 9.42. The fraction of sp³-hybridized carbons (Fsp3) is 0.320. The molecule has 36 heavy (non-hydrogen) atoms. The molecular formula is C25H25Br2N5O3S. The molecular weight excluding hydrogens is 610 g/mol. The minimum Gasteiger partial charge on any atom is -0.383 e. The Kier molecular flexibility index (Phi) is 6.82. The average molecular weight is 635 g/mol. The third-order valence-corrected chi connectivity index (χ3v) is 8.67. The number of carbonyl (C=O) groups excluding carboxylic acids is 1. The molecule has 0 aliphatic heterocycles. The van der Waals surface area contributed by atoms with E-state index in [-0.39, 0.29) is 18.3 Å². The fourth-order valence-corrected chi connectivity index (χ4v) is 6.48. The van der Waals surface area contributed by atoms with Crippen LogP contribution < -0.4 is 10.5 Å². The van der Waals surface area contributed by atoms with Gasteiger partial charge in [-0.2, -0.15) is 9.61 Å². The van der Waals surface area contributed by atoms with Crippen LogP contribution >= 0.6 is 31.9 Å². The molecule has 1 fully saturated rings. The van der Waals surface area contributed by atoms with E-state index < -0.39 is 15.9 Å². The molecule has 0 bridgehead atoms. The van der Waals surface area contributed by atoms with Gasteiger partial charge in [-0.3, -0.25) is 9.52 Å². The molecule has 0 spiro atoms. The maximum absolute atomic E-state index is 12.0. The Morgan fingerprint density at radius 1 is 1.11 bits per heavy atom. The van der Waals surface area contributed by atoms with Crippen molar-refractivity contribution in [2.45, 2.75) is 38.0 Å². The van der Waals surface area contributed by atoms with Crippen molar-refractivity contribution >= 4 is 70.0 Å². The summed E-state index contributed by atoms with van der Waals surface area (Å²) in [5, 5.41) is 6.77. The topological polar surface area (TPSA) is 119 Å². The van der Waals surface area contributed by atoms with Crippen molar-refractivity contribution in [2.75, 3.05) is 12.0 Å². The standard InChI is InChI=1S/C25H25Br2N5O3S/c1-36(34,35)31-21(33)10-14-2-4-15(5-3-14)23-22(27)24(28)32-25(30-23)20(13-29-32)18-7-6-17-12-19(26)9-8-16(17)11-18/h6-9,11-15H,2-5,10,28H2,1H3,(H,31,33). The zero-order valence-electron chi connectivity index (χ0n) is 19.5. The van der Waals surface area contributed by atoms with Gasteiger partial charge < -0.3 is 5.73 Å². The molecule has 0 atom stereocenters. The number of benzene rings is 2. The van der Waals surface area contributed by atoms with Crippen LogP contribution in [0, 0.1) is 5.92 Å². The molecule has 0 radical (unpaired) electrons. The molecule has 8 nitrogen and oxygen atoms in total. The van der Waals surface area contributed by atoms with Crippen molar-refractivity contribution in [3.8, 4) is 11.1 Å². The monoisotopic (exact) mass is 633 g/mol. The molecule has 1 amide bonds. The third kappa shape index (κ3) is 5.14. The molecule has 3 N–H and O–H groups in total. The molecule has 5 rings (SSSR count). The number of nitrogens with two attached hydrogens (primary N) is 1. The number of amides is 1. The molecule has 4 aromatic rings.